The smallest absolute Gasteiger partial charge is 0.137 e. The first-order chi connectivity index (χ1) is 6.27. The zero-order valence-electron chi connectivity index (χ0n) is 7.51. The number of nitrogens with two attached hydrogens (primary N) is 1. The minimum absolute atomic E-state index is 0.603. The van der Waals surface area contributed by atoms with Crippen molar-refractivity contribution in [2.45, 2.75) is 13.5 Å². The molecule has 3 N–H and O–H groups in total. The van der Waals surface area contributed by atoms with E-state index in [0.29, 0.717) is 23.9 Å². The van der Waals surface area contributed by atoms with Crippen molar-refractivity contribution in [2.24, 2.45) is 5.84 Å². The molecule has 0 radical (unpaired) electrons. The SMILES string of the molecule is CCOc1ccc(CNN)cc1Cl. The van der Waals surface area contributed by atoms with Crippen LogP contribution in [-0.4, -0.2) is 6.61 Å². The molecule has 1 rings (SSSR count). The normalized spacial score (nSPS) is 10.1. The number of hydrogen-bond donors (Lipinski definition) is 2. The van der Waals surface area contributed by atoms with Crippen molar-refractivity contribution in [1.29, 1.82) is 0 Å². The molecule has 13 heavy (non-hydrogen) atoms. The van der Waals surface area contributed by atoms with Crippen LogP contribution in [0.2, 0.25) is 5.02 Å². The summed E-state index contributed by atoms with van der Waals surface area (Å²) in [6.45, 7) is 3.14. The molecular formula is C9H13ClN2O. The van der Waals surface area contributed by atoms with Crippen LogP contribution in [0.15, 0.2) is 18.2 Å². The van der Waals surface area contributed by atoms with Crippen LogP contribution in [0.4, 0.5) is 0 Å². The van der Waals surface area contributed by atoms with Crippen LogP contribution in [-0.2, 0) is 6.54 Å². The van der Waals surface area contributed by atoms with Crippen LogP contribution in [0.25, 0.3) is 0 Å². The van der Waals surface area contributed by atoms with E-state index < -0.39 is 0 Å². The zero-order chi connectivity index (χ0) is 9.68. The Morgan fingerprint density at radius 1 is 1.54 bits per heavy atom. The fraction of sp³-hybridized carbons (Fsp3) is 0.333. The summed E-state index contributed by atoms with van der Waals surface area (Å²) in [5.41, 5.74) is 3.60. The van der Waals surface area contributed by atoms with Gasteiger partial charge in [0.25, 0.3) is 0 Å². The summed E-state index contributed by atoms with van der Waals surface area (Å²) in [7, 11) is 0. The first kappa shape index (κ1) is 10.3. The lowest BCUT2D eigenvalue weighted by Crippen LogP contribution is -2.20. The van der Waals surface area contributed by atoms with Gasteiger partial charge in [-0.25, -0.2) is 0 Å². The molecule has 0 spiro atoms. The van der Waals surface area contributed by atoms with Crippen molar-refractivity contribution >= 4 is 11.6 Å². The number of hydrazine groups is 1. The zero-order valence-corrected chi connectivity index (χ0v) is 8.27. The standard InChI is InChI=1S/C9H13ClN2O/c1-2-13-9-4-3-7(6-12-11)5-8(9)10/h3-5,12H,2,6,11H2,1H3. The van der Waals surface area contributed by atoms with Gasteiger partial charge in [0.05, 0.1) is 11.6 Å². The molecular weight excluding hydrogens is 188 g/mol. The molecule has 0 fully saturated rings. The Bertz CT molecular complexity index is 278. The molecule has 0 amide bonds. The third-order valence-corrected chi connectivity index (χ3v) is 1.90. The fourth-order valence-electron chi connectivity index (χ4n) is 1.04. The van der Waals surface area contributed by atoms with E-state index in [1.165, 1.54) is 0 Å². The van der Waals surface area contributed by atoms with E-state index >= 15 is 0 Å². The third kappa shape index (κ3) is 2.88. The van der Waals surface area contributed by atoms with Gasteiger partial charge in [-0.2, -0.15) is 0 Å². The van der Waals surface area contributed by atoms with E-state index in [4.69, 9.17) is 22.2 Å². The van der Waals surface area contributed by atoms with Gasteiger partial charge in [-0.1, -0.05) is 17.7 Å². The second-order valence-corrected chi connectivity index (χ2v) is 2.99. The van der Waals surface area contributed by atoms with E-state index in [9.17, 15) is 0 Å². The molecule has 0 aliphatic heterocycles. The summed E-state index contributed by atoms with van der Waals surface area (Å²) < 4.78 is 5.29. The van der Waals surface area contributed by atoms with Gasteiger partial charge in [0.15, 0.2) is 0 Å². The highest BCUT2D eigenvalue weighted by molar-refractivity contribution is 6.32. The number of rotatable bonds is 4. The molecule has 0 saturated heterocycles. The van der Waals surface area contributed by atoms with Crippen molar-refractivity contribution in [2.75, 3.05) is 6.61 Å². The van der Waals surface area contributed by atoms with Crippen LogP contribution in [0.1, 0.15) is 12.5 Å². The maximum Gasteiger partial charge on any atom is 0.137 e. The van der Waals surface area contributed by atoms with E-state index in [2.05, 4.69) is 5.43 Å². The lowest BCUT2D eigenvalue weighted by molar-refractivity contribution is 0.340. The Hall–Kier alpha value is -0.770. The van der Waals surface area contributed by atoms with Crippen LogP contribution >= 0.6 is 11.6 Å². The van der Waals surface area contributed by atoms with Crippen LogP contribution < -0.4 is 16.0 Å². The first-order valence-electron chi connectivity index (χ1n) is 4.12. The first-order valence-corrected chi connectivity index (χ1v) is 4.50. The lowest BCUT2D eigenvalue weighted by atomic mass is 10.2. The Morgan fingerprint density at radius 2 is 2.31 bits per heavy atom. The van der Waals surface area contributed by atoms with Gasteiger partial charge in [-0.3, -0.25) is 11.3 Å². The highest BCUT2D eigenvalue weighted by atomic mass is 35.5. The van der Waals surface area contributed by atoms with Crippen molar-refractivity contribution < 1.29 is 4.74 Å². The maximum atomic E-state index is 5.95. The lowest BCUT2D eigenvalue weighted by Gasteiger charge is -2.07. The van der Waals surface area contributed by atoms with Gasteiger partial charge < -0.3 is 4.74 Å². The molecule has 0 atom stereocenters. The number of hydrogen-bond acceptors (Lipinski definition) is 3. The van der Waals surface area contributed by atoms with Crippen molar-refractivity contribution in [3.8, 4) is 5.75 Å². The third-order valence-electron chi connectivity index (χ3n) is 1.60. The number of ether oxygens (including phenoxy) is 1. The van der Waals surface area contributed by atoms with Crippen LogP contribution in [0.5, 0.6) is 5.75 Å². The van der Waals surface area contributed by atoms with Crippen molar-refractivity contribution in [1.82, 2.24) is 5.43 Å². The van der Waals surface area contributed by atoms with Gasteiger partial charge in [0, 0.05) is 6.54 Å². The predicted molar refractivity (Wildman–Crippen MR) is 53.6 cm³/mol. The molecule has 4 heteroatoms. The molecule has 3 nitrogen and oxygen atoms in total. The van der Waals surface area contributed by atoms with Gasteiger partial charge >= 0.3 is 0 Å². The highest BCUT2D eigenvalue weighted by Gasteiger charge is 2.01. The highest BCUT2D eigenvalue weighted by Crippen LogP contribution is 2.25. The molecule has 0 heterocycles. The summed E-state index contributed by atoms with van der Waals surface area (Å²) in [4.78, 5) is 0. The molecule has 1 aromatic carbocycles. The fourth-order valence-corrected chi connectivity index (χ4v) is 1.30. The monoisotopic (exact) mass is 200 g/mol. The van der Waals surface area contributed by atoms with E-state index in [1.807, 2.05) is 25.1 Å². The minimum Gasteiger partial charge on any atom is -0.492 e. The quantitative estimate of drug-likeness (QED) is 0.575. The number of benzene rings is 1. The van der Waals surface area contributed by atoms with Gasteiger partial charge in [0.2, 0.25) is 0 Å². The average molecular weight is 201 g/mol. The van der Waals surface area contributed by atoms with Crippen LogP contribution in [0, 0.1) is 0 Å². The molecule has 0 saturated carbocycles. The van der Waals surface area contributed by atoms with Crippen molar-refractivity contribution in [3.05, 3.63) is 28.8 Å². The molecule has 0 aliphatic carbocycles. The molecule has 72 valence electrons. The summed E-state index contributed by atoms with van der Waals surface area (Å²) in [6.07, 6.45) is 0. The Kier molecular flexibility index (Phi) is 4.02. The Balaban J connectivity index is 2.79. The maximum absolute atomic E-state index is 5.95. The number of nitrogens with one attached hydrogen (secondary N) is 1. The molecule has 0 unspecified atom stereocenters. The summed E-state index contributed by atoms with van der Waals surface area (Å²) >= 11 is 5.95. The molecule has 0 aromatic heterocycles. The topological polar surface area (TPSA) is 47.3 Å². The molecule has 0 bridgehead atoms. The molecule has 1 aromatic rings. The largest absolute Gasteiger partial charge is 0.492 e. The van der Waals surface area contributed by atoms with Gasteiger partial charge in [0.1, 0.15) is 5.75 Å². The van der Waals surface area contributed by atoms with Crippen LogP contribution in [0.3, 0.4) is 0 Å². The average Bonchev–Trinajstić information content (AvgIpc) is 2.10. The Labute approximate surface area is 82.8 Å². The van der Waals surface area contributed by atoms with Gasteiger partial charge in [-0.05, 0) is 24.6 Å². The summed E-state index contributed by atoms with van der Waals surface area (Å²) in [5, 5.41) is 0.620. The van der Waals surface area contributed by atoms with E-state index in [1.54, 1.807) is 0 Å². The second kappa shape index (κ2) is 5.07. The minimum atomic E-state index is 0.603. The second-order valence-electron chi connectivity index (χ2n) is 2.58. The summed E-state index contributed by atoms with van der Waals surface area (Å²) in [6, 6.07) is 5.61. The van der Waals surface area contributed by atoms with E-state index in [-0.39, 0.29) is 0 Å². The van der Waals surface area contributed by atoms with Crippen molar-refractivity contribution in [3.63, 3.8) is 0 Å². The van der Waals surface area contributed by atoms with Gasteiger partial charge in [-0.15, -0.1) is 0 Å². The van der Waals surface area contributed by atoms with E-state index in [0.717, 1.165) is 5.56 Å². The Morgan fingerprint density at radius 3 is 2.85 bits per heavy atom. The summed E-state index contributed by atoms with van der Waals surface area (Å²) in [5.74, 6) is 5.90. The predicted octanol–water partition coefficient (Wildman–Crippen LogP) is 1.70. The molecule has 0 aliphatic rings. The number of halogens is 1.